The van der Waals surface area contributed by atoms with Crippen molar-refractivity contribution in [3.63, 3.8) is 0 Å². The van der Waals surface area contributed by atoms with Crippen molar-refractivity contribution in [2.45, 2.75) is 6.54 Å². The van der Waals surface area contributed by atoms with Crippen LogP contribution in [0.2, 0.25) is 0 Å². The Hall–Kier alpha value is -3.88. The summed E-state index contributed by atoms with van der Waals surface area (Å²) in [6.07, 6.45) is 7.44. The molecular formula is C18H13FN6O2. The van der Waals surface area contributed by atoms with Crippen LogP contribution in [0.4, 0.5) is 10.2 Å². The molecule has 4 aromatic heterocycles. The van der Waals surface area contributed by atoms with Gasteiger partial charge in [0.1, 0.15) is 30.4 Å². The first kappa shape index (κ1) is 16.6. The van der Waals surface area contributed by atoms with Crippen molar-refractivity contribution in [3.05, 3.63) is 78.5 Å². The molecule has 9 heteroatoms. The Balaban J connectivity index is 1.76. The Morgan fingerprint density at radius 1 is 1.26 bits per heavy atom. The maximum Gasteiger partial charge on any atom is 0.300 e. The predicted octanol–water partition coefficient (Wildman–Crippen LogP) is 0.925. The fourth-order valence-electron chi connectivity index (χ4n) is 2.78. The highest BCUT2D eigenvalue weighted by molar-refractivity contribution is 6.04. The van der Waals surface area contributed by atoms with E-state index in [1.165, 1.54) is 21.5 Å². The Kier molecular flexibility index (Phi) is 4.17. The summed E-state index contributed by atoms with van der Waals surface area (Å²) in [5, 5.41) is 15.4. The van der Waals surface area contributed by atoms with E-state index in [-0.39, 0.29) is 18.1 Å². The van der Waals surface area contributed by atoms with Gasteiger partial charge in [0.05, 0.1) is 6.20 Å². The van der Waals surface area contributed by atoms with Gasteiger partial charge in [-0.25, -0.2) is 23.9 Å². The molecule has 0 atom stereocenters. The number of halogens is 1. The van der Waals surface area contributed by atoms with E-state index in [4.69, 9.17) is 0 Å². The van der Waals surface area contributed by atoms with Crippen molar-refractivity contribution in [2.75, 3.05) is 5.32 Å². The van der Waals surface area contributed by atoms with Gasteiger partial charge in [0.15, 0.2) is 0 Å². The standard InChI is InChI=1S/C18H13FN6O2/c19-13-4-5-22-14(7-13)23-17(26)16-18(27)25(10-12-8-20-11-21-9-12)15-3-1-2-6-24(15)16/h1-9,11H,10H2,(H-,22,23,26,27). The molecule has 1 amide bonds. The Bertz CT molecular complexity index is 1130. The van der Waals surface area contributed by atoms with Gasteiger partial charge in [-0.3, -0.25) is 4.79 Å². The summed E-state index contributed by atoms with van der Waals surface area (Å²) in [5.74, 6) is -1.68. The van der Waals surface area contributed by atoms with Crippen molar-refractivity contribution < 1.29 is 18.9 Å². The Morgan fingerprint density at radius 2 is 2.07 bits per heavy atom. The minimum Gasteiger partial charge on any atom is -0.839 e. The van der Waals surface area contributed by atoms with E-state index in [0.29, 0.717) is 5.65 Å². The third kappa shape index (κ3) is 3.17. The number of carbonyl (C=O) groups excluding carboxylic acids is 1. The van der Waals surface area contributed by atoms with Crippen molar-refractivity contribution >= 4 is 17.4 Å². The minimum atomic E-state index is -0.678. The molecule has 0 fully saturated rings. The number of aromatic nitrogens is 5. The molecule has 4 aromatic rings. The van der Waals surface area contributed by atoms with Gasteiger partial charge in [-0.1, -0.05) is 6.07 Å². The zero-order valence-corrected chi connectivity index (χ0v) is 13.9. The molecule has 0 aliphatic carbocycles. The zero-order valence-electron chi connectivity index (χ0n) is 13.9. The second-order valence-electron chi connectivity index (χ2n) is 5.73. The van der Waals surface area contributed by atoms with Crippen LogP contribution >= 0.6 is 0 Å². The lowest BCUT2D eigenvalue weighted by molar-refractivity contribution is -0.704. The van der Waals surface area contributed by atoms with Gasteiger partial charge in [0, 0.05) is 36.3 Å². The smallest absolute Gasteiger partial charge is 0.300 e. The first-order chi connectivity index (χ1) is 13.1. The van der Waals surface area contributed by atoms with E-state index in [2.05, 4.69) is 20.3 Å². The van der Waals surface area contributed by atoms with Crippen LogP contribution in [0.15, 0.2) is 61.4 Å². The average Bonchev–Trinajstić information content (AvgIpc) is 2.94. The summed E-state index contributed by atoms with van der Waals surface area (Å²) in [5.41, 5.74) is 1.15. The van der Waals surface area contributed by atoms with Gasteiger partial charge in [0.2, 0.25) is 5.69 Å². The third-order valence-corrected chi connectivity index (χ3v) is 3.94. The molecule has 0 aliphatic rings. The van der Waals surface area contributed by atoms with Gasteiger partial charge in [-0.15, -0.1) is 0 Å². The largest absolute Gasteiger partial charge is 0.839 e. The van der Waals surface area contributed by atoms with E-state index in [0.717, 1.165) is 17.7 Å². The van der Waals surface area contributed by atoms with Gasteiger partial charge >= 0.3 is 0 Å². The second kappa shape index (κ2) is 6.79. The molecule has 1 N–H and O–H groups in total. The maximum atomic E-state index is 13.3. The summed E-state index contributed by atoms with van der Waals surface area (Å²) >= 11 is 0. The number of nitrogens with one attached hydrogen (secondary N) is 1. The second-order valence-corrected chi connectivity index (χ2v) is 5.73. The molecule has 0 spiro atoms. The highest BCUT2D eigenvalue weighted by Gasteiger charge is 2.25. The van der Waals surface area contributed by atoms with Crippen LogP contribution in [-0.2, 0) is 6.54 Å². The lowest BCUT2D eigenvalue weighted by atomic mass is 10.3. The molecule has 0 bridgehead atoms. The molecule has 4 rings (SSSR count). The van der Waals surface area contributed by atoms with Gasteiger partial charge in [0.25, 0.3) is 11.6 Å². The minimum absolute atomic E-state index is 0.0216. The van der Waals surface area contributed by atoms with Crippen LogP contribution < -0.4 is 15.0 Å². The fourth-order valence-corrected chi connectivity index (χ4v) is 2.78. The maximum absolute atomic E-state index is 13.3. The van der Waals surface area contributed by atoms with Crippen molar-refractivity contribution in [2.24, 2.45) is 0 Å². The van der Waals surface area contributed by atoms with E-state index in [1.807, 2.05) is 0 Å². The van der Waals surface area contributed by atoms with Crippen molar-refractivity contribution in [1.82, 2.24) is 19.4 Å². The summed E-state index contributed by atoms with van der Waals surface area (Å²) < 4.78 is 16.3. The van der Waals surface area contributed by atoms with E-state index in [9.17, 15) is 14.3 Å². The van der Waals surface area contributed by atoms with Crippen LogP contribution in [0, 0.1) is 5.82 Å². The number of nitrogens with zero attached hydrogens (tertiary/aromatic N) is 5. The predicted molar refractivity (Wildman–Crippen MR) is 90.3 cm³/mol. The summed E-state index contributed by atoms with van der Waals surface area (Å²) in [6.45, 7) is 0.207. The van der Waals surface area contributed by atoms with Crippen molar-refractivity contribution in [1.29, 1.82) is 0 Å². The SMILES string of the molecule is O=C(Nc1cc(F)ccn1)c1c([O-])[n+](Cc2cncnc2)c2ccccn12. The number of fused-ring (bicyclic) bond motifs is 1. The lowest BCUT2D eigenvalue weighted by Gasteiger charge is -2.07. The third-order valence-electron chi connectivity index (χ3n) is 3.94. The summed E-state index contributed by atoms with van der Waals surface area (Å²) in [4.78, 5) is 24.5. The molecule has 0 unspecified atom stereocenters. The van der Waals surface area contributed by atoms with E-state index >= 15 is 0 Å². The van der Waals surface area contributed by atoms with Crippen LogP contribution in [0.1, 0.15) is 16.1 Å². The normalized spacial score (nSPS) is 10.9. The highest BCUT2D eigenvalue weighted by atomic mass is 19.1. The van der Waals surface area contributed by atoms with Crippen LogP contribution in [0.3, 0.4) is 0 Å². The average molecular weight is 364 g/mol. The molecule has 0 aliphatic heterocycles. The monoisotopic (exact) mass is 364 g/mol. The molecule has 0 radical (unpaired) electrons. The van der Waals surface area contributed by atoms with Gasteiger partial charge in [-0.05, 0) is 12.1 Å². The number of rotatable bonds is 4. The Labute approximate surface area is 152 Å². The Morgan fingerprint density at radius 3 is 2.85 bits per heavy atom. The molecule has 4 heterocycles. The van der Waals surface area contributed by atoms with Crippen molar-refractivity contribution in [3.8, 4) is 5.88 Å². The van der Waals surface area contributed by atoms with Crippen LogP contribution in [0.5, 0.6) is 5.88 Å². The van der Waals surface area contributed by atoms with Crippen LogP contribution in [0.25, 0.3) is 5.65 Å². The molecule has 0 aromatic carbocycles. The number of imidazole rings is 1. The first-order valence-electron chi connectivity index (χ1n) is 8.00. The highest BCUT2D eigenvalue weighted by Crippen LogP contribution is 2.17. The first-order valence-corrected chi connectivity index (χ1v) is 8.00. The molecule has 8 nitrogen and oxygen atoms in total. The summed E-state index contributed by atoms with van der Waals surface area (Å²) in [7, 11) is 0. The topological polar surface area (TPSA) is 99.1 Å². The number of pyridine rings is 2. The van der Waals surface area contributed by atoms with E-state index < -0.39 is 17.6 Å². The lowest BCUT2D eigenvalue weighted by Crippen LogP contribution is -2.37. The fraction of sp³-hybridized carbons (Fsp3) is 0.0556. The van der Waals surface area contributed by atoms with Gasteiger partial charge in [-0.2, -0.15) is 4.40 Å². The quantitative estimate of drug-likeness (QED) is 0.543. The number of amides is 1. The zero-order chi connectivity index (χ0) is 18.8. The molecule has 27 heavy (non-hydrogen) atoms. The number of carbonyl (C=O) groups is 1. The summed E-state index contributed by atoms with van der Waals surface area (Å²) in [6, 6.07) is 7.44. The molecular weight excluding hydrogens is 351 g/mol. The molecule has 0 saturated carbocycles. The van der Waals surface area contributed by atoms with Crippen LogP contribution in [-0.4, -0.2) is 25.3 Å². The molecule has 0 saturated heterocycles. The molecule has 134 valence electrons. The van der Waals surface area contributed by atoms with Gasteiger partial charge < -0.3 is 10.4 Å². The van der Waals surface area contributed by atoms with E-state index in [1.54, 1.807) is 36.8 Å². The number of anilines is 1. The number of hydrogen-bond acceptors (Lipinski definition) is 5. The number of hydrogen-bond donors (Lipinski definition) is 1.